The topological polar surface area (TPSA) is 88.3 Å². The number of likely N-dealkylation sites (tertiary alicyclic amines) is 1. The lowest BCUT2D eigenvalue weighted by Crippen LogP contribution is -2.49. The molecule has 2 aliphatic rings. The van der Waals surface area contributed by atoms with Gasteiger partial charge in [-0.3, -0.25) is 19.6 Å². The minimum absolute atomic E-state index is 0.123. The van der Waals surface area contributed by atoms with Crippen molar-refractivity contribution >= 4 is 5.78 Å². The third-order valence-electron chi connectivity index (χ3n) is 6.17. The molecule has 5 heterocycles. The SMILES string of the molecule is CCC[C@H]1[C@H]2C[C@H](CN(Cc3cc(=O)n4[nH]cnc4n3)C2)c2cccc(=O)n21. The second-order valence-corrected chi connectivity index (χ2v) is 8.01. The fraction of sp³-hybridized carbons (Fsp3) is 0.500. The number of piperidine rings is 1. The number of hydrogen-bond donors (Lipinski definition) is 1. The summed E-state index contributed by atoms with van der Waals surface area (Å²) in [6, 6.07) is 7.50. The van der Waals surface area contributed by atoms with Gasteiger partial charge in [0.25, 0.3) is 16.9 Å². The van der Waals surface area contributed by atoms with E-state index in [-0.39, 0.29) is 17.2 Å². The number of pyridine rings is 1. The Balaban J connectivity index is 1.46. The summed E-state index contributed by atoms with van der Waals surface area (Å²) in [6.07, 6.45) is 4.67. The van der Waals surface area contributed by atoms with Crippen molar-refractivity contribution < 1.29 is 0 Å². The van der Waals surface area contributed by atoms with Gasteiger partial charge in [0.15, 0.2) is 0 Å². The minimum Gasteiger partial charge on any atom is -0.309 e. The van der Waals surface area contributed by atoms with Gasteiger partial charge in [0.05, 0.1) is 5.69 Å². The molecule has 0 saturated carbocycles. The van der Waals surface area contributed by atoms with Gasteiger partial charge in [-0.05, 0) is 24.8 Å². The Bertz CT molecular complexity index is 1130. The summed E-state index contributed by atoms with van der Waals surface area (Å²) < 4.78 is 3.40. The number of nitrogens with one attached hydrogen (secondary N) is 1. The standard InChI is InChI=1S/C20H24N6O2/c1-2-4-16-13-7-14(17-5-3-6-18(27)25(16)17)10-24(9-13)11-15-8-19(28)26-20(23-15)21-12-22-26/h3,5-6,8,12-14,16H,2,4,7,9-11H2,1H3,(H,21,22,23)/t13-,14+,16-/m0/s1. The van der Waals surface area contributed by atoms with E-state index in [0.717, 1.165) is 43.7 Å². The van der Waals surface area contributed by atoms with Crippen molar-refractivity contribution in [3.8, 4) is 0 Å². The number of nitrogens with zero attached hydrogens (tertiary/aromatic N) is 5. The van der Waals surface area contributed by atoms with Crippen molar-refractivity contribution in [1.82, 2.24) is 29.0 Å². The first kappa shape index (κ1) is 17.4. The first-order valence-corrected chi connectivity index (χ1v) is 10.00. The second kappa shape index (κ2) is 6.70. The largest absolute Gasteiger partial charge is 0.309 e. The van der Waals surface area contributed by atoms with E-state index in [2.05, 4.69) is 37.5 Å². The van der Waals surface area contributed by atoms with Crippen LogP contribution in [0.4, 0.5) is 0 Å². The van der Waals surface area contributed by atoms with Crippen LogP contribution in [0.3, 0.4) is 0 Å². The molecule has 3 aromatic heterocycles. The monoisotopic (exact) mass is 380 g/mol. The molecule has 5 rings (SSSR count). The van der Waals surface area contributed by atoms with E-state index in [4.69, 9.17) is 0 Å². The lowest BCUT2D eigenvalue weighted by atomic mass is 9.77. The van der Waals surface area contributed by atoms with E-state index in [1.54, 1.807) is 12.1 Å². The Morgan fingerprint density at radius 1 is 1.21 bits per heavy atom. The maximum Gasteiger partial charge on any atom is 0.274 e. The van der Waals surface area contributed by atoms with Crippen LogP contribution in [0, 0.1) is 5.92 Å². The Kier molecular flexibility index (Phi) is 4.16. The second-order valence-electron chi connectivity index (χ2n) is 8.01. The van der Waals surface area contributed by atoms with Gasteiger partial charge in [0, 0.05) is 49.4 Å². The van der Waals surface area contributed by atoms with Gasteiger partial charge in [-0.2, -0.15) is 4.52 Å². The van der Waals surface area contributed by atoms with Crippen molar-refractivity contribution in [2.24, 2.45) is 5.92 Å². The van der Waals surface area contributed by atoms with Crippen molar-refractivity contribution in [2.75, 3.05) is 13.1 Å². The van der Waals surface area contributed by atoms with Crippen LogP contribution >= 0.6 is 0 Å². The predicted octanol–water partition coefficient (Wildman–Crippen LogP) is 1.54. The maximum atomic E-state index is 12.6. The van der Waals surface area contributed by atoms with Crippen LogP contribution < -0.4 is 11.1 Å². The lowest BCUT2D eigenvalue weighted by molar-refractivity contribution is 0.0809. The van der Waals surface area contributed by atoms with E-state index < -0.39 is 0 Å². The van der Waals surface area contributed by atoms with Crippen LogP contribution in [0.25, 0.3) is 5.78 Å². The summed E-state index contributed by atoms with van der Waals surface area (Å²) in [5.41, 5.74) is 1.88. The predicted molar refractivity (Wildman–Crippen MR) is 104 cm³/mol. The molecule has 2 bridgehead atoms. The quantitative estimate of drug-likeness (QED) is 0.742. The van der Waals surface area contributed by atoms with Crippen molar-refractivity contribution in [1.29, 1.82) is 0 Å². The smallest absolute Gasteiger partial charge is 0.274 e. The Hall–Kier alpha value is -2.74. The third kappa shape index (κ3) is 2.79. The minimum atomic E-state index is -0.143. The average molecular weight is 380 g/mol. The molecule has 1 fully saturated rings. The molecule has 0 aromatic carbocycles. The molecular weight excluding hydrogens is 356 g/mol. The molecule has 1 N–H and O–H groups in total. The van der Waals surface area contributed by atoms with E-state index in [9.17, 15) is 9.59 Å². The molecule has 0 unspecified atom stereocenters. The number of H-pyrrole nitrogens is 1. The van der Waals surface area contributed by atoms with Crippen molar-refractivity contribution in [2.45, 2.75) is 44.7 Å². The van der Waals surface area contributed by atoms with Crippen molar-refractivity contribution in [3.63, 3.8) is 0 Å². The van der Waals surface area contributed by atoms with Crippen LogP contribution in [0.15, 0.2) is 40.2 Å². The van der Waals surface area contributed by atoms with Gasteiger partial charge in [0.1, 0.15) is 6.33 Å². The summed E-state index contributed by atoms with van der Waals surface area (Å²) in [5, 5.41) is 2.77. The number of hydrogen-bond acceptors (Lipinski definition) is 5. The zero-order chi connectivity index (χ0) is 19.3. The van der Waals surface area contributed by atoms with Crippen LogP contribution in [-0.2, 0) is 6.54 Å². The molecule has 28 heavy (non-hydrogen) atoms. The summed E-state index contributed by atoms with van der Waals surface area (Å²) in [4.78, 5) is 35.8. The number of aromatic nitrogens is 5. The van der Waals surface area contributed by atoms with Crippen LogP contribution in [0.1, 0.15) is 49.5 Å². The van der Waals surface area contributed by atoms with Gasteiger partial charge >= 0.3 is 0 Å². The molecule has 3 aromatic rings. The van der Waals surface area contributed by atoms with Gasteiger partial charge in [-0.15, -0.1) is 0 Å². The number of aromatic amines is 1. The molecule has 0 amide bonds. The third-order valence-corrected chi connectivity index (χ3v) is 6.17. The molecule has 8 nitrogen and oxygen atoms in total. The number of fused-ring (bicyclic) bond motifs is 5. The van der Waals surface area contributed by atoms with Gasteiger partial charge in [0.2, 0.25) is 0 Å². The summed E-state index contributed by atoms with van der Waals surface area (Å²) in [7, 11) is 0. The highest BCUT2D eigenvalue weighted by Gasteiger charge is 2.40. The maximum absolute atomic E-state index is 12.6. The van der Waals surface area contributed by atoms with E-state index in [1.165, 1.54) is 10.8 Å². The summed E-state index contributed by atoms with van der Waals surface area (Å²) in [6.45, 7) is 4.60. The Labute approximate surface area is 161 Å². The van der Waals surface area contributed by atoms with Crippen LogP contribution in [0.2, 0.25) is 0 Å². The van der Waals surface area contributed by atoms with Crippen molar-refractivity contribution in [3.05, 3.63) is 62.7 Å². The summed E-state index contributed by atoms with van der Waals surface area (Å²) in [5.74, 6) is 1.19. The first-order valence-electron chi connectivity index (χ1n) is 10.00. The molecular formula is C20H24N6O2. The van der Waals surface area contributed by atoms with Crippen LogP contribution in [0.5, 0.6) is 0 Å². The summed E-state index contributed by atoms with van der Waals surface area (Å²) >= 11 is 0. The molecule has 0 aliphatic carbocycles. The van der Waals surface area contributed by atoms with Gasteiger partial charge in [-0.1, -0.05) is 19.4 Å². The van der Waals surface area contributed by atoms with E-state index in [0.29, 0.717) is 24.2 Å². The van der Waals surface area contributed by atoms with Crippen LogP contribution in [-0.4, -0.2) is 42.1 Å². The molecule has 0 radical (unpaired) electrons. The van der Waals surface area contributed by atoms with Gasteiger partial charge < -0.3 is 4.57 Å². The molecule has 8 heteroatoms. The highest BCUT2D eigenvalue weighted by atomic mass is 16.1. The lowest BCUT2D eigenvalue weighted by Gasteiger charge is -2.47. The normalized spacial score (nSPS) is 24.4. The highest BCUT2D eigenvalue weighted by Crippen LogP contribution is 2.42. The molecule has 146 valence electrons. The Morgan fingerprint density at radius 2 is 2.11 bits per heavy atom. The zero-order valence-electron chi connectivity index (χ0n) is 15.9. The fourth-order valence-corrected chi connectivity index (χ4v) is 5.11. The molecule has 2 aliphatic heterocycles. The zero-order valence-corrected chi connectivity index (χ0v) is 15.9. The molecule has 0 spiro atoms. The molecule has 1 saturated heterocycles. The number of rotatable bonds is 4. The van der Waals surface area contributed by atoms with E-state index >= 15 is 0 Å². The molecule has 3 atom stereocenters. The fourth-order valence-electron chi connectivity index (χ4n) is 5.11. The Morgan fingerprint density at radius 3 is 2.96 bits per heavy atom. The first-order chi connectivity index (χ1) is 13.6. The van der Waals surface area contributed by atoms with E-state index in [1.807, 2.05) is 6.07 Å². The van der Waals surface area contributed by atoms with Gasteiger partial charge in [-0.25, -0.2) is 9.97 Å². The highest BCUT2D eigenvalue weighted by molar-refractivity contribution is 5.26. The average Bonchev–Trinajstić information content (AvgIpc) is 3.14.